The van der Waals surface area contributed by atoms with Gasteiger partial charge in [-0.1, -0.05) is 59.1 Å². The quantitative estimate of drug-likeness (QED) is 0.0182. The molecule has 4 atom stereocenters. The van der Waals surface area contributed by atoms with Gasteiger partial charge >= 0.3 is 113 Å². The Morgan fingerprint density at radius 3 is 0.806 bits per heavy atom. The predicted octanol–water partition coefficient (Wildman–Crippen LogP) is 8.27. The van der Waals surface area contributed by atoms with Crippen molar-refractivity contribution in [3.8, 4) is 0 Å². The highest BCUT2D eigenvalue weighted by Crippen LogP contribution is 2.50. The maximum Gasteiger partial charge on any atom is 0.479 e. The predicted molar refractivity (Wildman–Crippen MR) is 350 cm³/mol. The lowest BCUT2D eigenvalue weighted by Crippen LogP contribution is -2.83. The van der Waals surface area contributed by atoms with E-state index in [9.17, 15) is 38.4 Å². The number of hydrogen-bond acceptors (Lipinski definition) is 27. The summed E-state index contributed by atoms with van der Waals surface area (Å²) >= 11 is 0. The van der Waals surface area contributed by atoms with Crippen molar-refractivity contribution in [2.24, 2.45) is 0 Å². The maximum absolute atomic E-state index is 13.1. The third-order valence-electron chi connectivity index (χ3n) is 13.3. The first-order chi connectivity index (χ1) is 43.7. The lowest BCUT2D eigenvalue weighted by Gasteiger charge is -2.59. The molecule has 4 unspecified atom stereocenters. The molecule has 4 heterocycles. The van der Waals surface area contributed by atoms with Gasteiger partial charge in [-0.25, -0.2) is 33.6 Å². The lowest BCUT2D eigenvalue weighted by molar-refractivity contribution is -0.139. The Balaban J connectivity index is 2.23. The molecule has 93 heavy (non-hydrogen) atoms. The molecule has 6 bridgehead atoms. The fourth-order valence-electron chi connectivity index (χ4n) is 8.68. The molecule has 4 saturated heterocycles. The van der Waals surface area contributed by atoms with Crippen molar-refractivity contribution in [2.75, 3.05) is 46.2 Å². The van der Waals surface area contributed by atoms with Crippen LogP contribution in [-0.2, 0) is 121 Å². The van der Waals surface area contributed by atoms with Crippen LogP contribution in [0.5, 0.6) is 0 Å². The summed E-state index contributed by atoms with van der Waals surface area (Å²) in [6.45, 7) is 40.2. The number of allylic oxidation sites excluding steroid dienone is 1. The third kappa shape index (κ3) is 26.4. The van der Waals surface area contributed by atoms with Gasteiger partial charge in [0.1, 0.15) is 0 Å². The zero-order valence-electron chi connectivity index (χ0n) is 54.9. The van der Waals surface area contributed by atoms with Gasteiger partial charge in [-0.2, -0.15) is 0 Å². The molecule has 0 N–H and O–H groups in total. The first kappa shape index (κ1) is 80.8. The Bertz CT molecular complexity index is 2710. The van der Waals surface area contributed by atoms with E-state index < -0.39 is 123 Å². The topological polar surface area (TPSA) is 312 Å². The standard InChI is InChI=1S/C57H90O27Si9/c1-42(2)50(58)26-17-18-34-85-73-87(35-19-27-66-51(59)43(3)4)76-90(38-22-30-69-54(62)46(9)10)78-88(36-20-28-67-52(60)44(5)6)74-86-75-89(37-21-29-68-53(61)45(7)8)79-91(77-87,39-23-31-70-55(63)47(11)12)83-93(82-90,41-25-33-72-57(65)49(15)16)84-92(80-88,81-89)40-24-32-71-56(64)48(13)14/h1,3,5,7,9,11,13,15,17-41H2,2,4,6,8,10,12,14,16H3. The molecular weight excluding hydrogens is 1370 g/mol. The normalized spacial score (nSPS) is 25.3. The first-order valence-corrected chi connectivity index (χ1v) is 45.9. The summed E-state index contributed by atoms with van der Waals surface area (Å²) in [5, 5.41) is 0. The fraction of sp³-hybridized carbons (Fsp3) is 0.579. The molecule has 0 aromatic carbocycles. The zero-order valence-corrected chi connectivity index (χ0v) is 63.9. The number of unbranched alkanes of at least 4 members (excludes halogenated alkanes) is 1. The number of ketones is 1. The molecule has 4 aliphatic rings. The molecule has 516 valence electrons. The van der Waals surface area contributed by atoms with Crippen LogP contribution >= 0.6 is 0 Å². The van der Waals surface area contributed by atoms with Crippen molar-refractivity contribution in [1.29, 1.82) is 0 Å². The van der Waals surface area contributed by atoms with Gasteiger partial charge in [0.05, 0.1) is 46.2 Å². The van der Waals surface area contributed by atoms with Crippen molar-refractivity contribution in [2.45, 2.75) is 168 Å². The molecule has 4 fully saturated rings. The van der Waals surface area contributed by atoms with Crippen LogP contribution in [0, 0.1) is 0 Å². The van der Waals surface area contributed by atoms with Crippen molar-refractivity contribution in [1.82, 2.24) is 0 Å². The second-order valence-electron chi connectivity index (χ2n) is 22.8. The maximum atomic E-state index is 13.1. The van der Waals surface area contributed by atoms with Gasteiger partial charge in [-0.15, -0.1) is 0 Å². The van der Waals surface area contributed by atoms with Crippen molar-refractivity contribution in [3.63, 3.8) is 0 Å². The van der Waals surface area contributed by atoms with Crippen LogP contribution in [0.4, 0.5) is 0 Å². The van der Waals surface area contributed by atoms with Crippen LogP contribution in [-0.4, -0.2) is 175 Å². The third-order valence-corrected chi connectivity index (χ3v) is 48.0. The van der Waals surface area contributed by atoms with Gasteiger partial charge in [0.25, 0.3) is 0 Å². The van der Waals surface area contributed by atoms with E-state index in [1.807, 2.05) is 0 Å². The highest BCUT2D eigenvalue weighted by molar-refractivity contribution is 7.00. The second kappa shape index (κ2) is 37.8. The smallest absolute Gasteiger partial charge is 0.462 e. The number of rotatable bonds is 43. The number of Topliss-reactive ketones (excluding diaryl/α,β-unsaturated/α-hetero) is 1. The van der Waals surface area contributed by atoms with Crippen molar-refractivity contribution < 1.29 is 121 Å². The van der Waals surface area contributed by atoms with Crippen LogP contribution in [0.25, 0.3) is 0 Å². The first-order valence-electron chi connectivity index (χ1n) is 30.5. The number of carbonyl (C=O) groups is 8. The van der Waals surface area contributed by atoms with Gasteiger partial charge in [0.15, 0.2) is 5.78 Å². The Hall–Kier alpha value is -4.65. The molecule has 0 aromatic heterocycles. The summed E-state index contributed by atoms with van der Waals surface area (Å²) < 4.78 is 130. The molecular formula is C57H90O27Si9. The molecule has 0 spiro atoms. The molecule has 0 aliphatic carbocycles. The number of carbonyl (C=O) groups excluding carboxylic acids is 8. The van der Waals surface area contributed by atoms with E-state index in [1.165, 1.54) is 48.5 Å². The molecule has 4 radical (unpaired) electrons. The van der Waals surface area contributed by atoms with E-state index in [1.54, 1.807) is 6.92 Å². The molecule has 4 rings (SSSR count). The van der Waals surface area contributed by atoms with Gasteiger partial charge in [-0.05, 0) is 118 Å². The van der Waals surface area contributed by atoms with E-state index in [4.69, 9.17) is 82.5 Å². The van der Waals surface area contributed by atoms with Gasteiger partial charge in [0, 0.05) is 87.7 Å². The van der Waals surface area contributed by atoms with E-state index in [2.05, 4.69) is 52.6 Å². The SMILES string of the molecule is C=C(C)C(=O)CCCC[Si]O[Si]1(CCCOC(=O)C(=C)C)O[Si]2(CCCOC(=O)C(=C)C)O[Si]3(CCCOC(=O)C(=C)C)O[Si]O[Si]4(CCCOC(=O)C(=C)C)O[Si](CCCOC(=O)C(=C)C)(O1)O[Si](CCCOC(=O)C(=C)C)(O2)O[Si](CCCOC(=O)C(=C)C)(O3)O4. The van der Waals surface area contributed by atoms with Gasteiger partial charge in [-0.3, -0.25) is 4.79 Å². The summed E-state index contributed by atoms with van der Waals surface area (Å²) in [5.41, 5.74) is 1.24. The van der Waals surface area contributed by atoms with E-state index in [-0.39, 0.29) is 185 Å². The van der Waals surface area contributed by atoms with E-state index >= 15 is 0 Å². The van der Waals surface area contributed by atoms with Crippen LogP contribution in [0.15, 0.2) is 97.2 Å². The van der Waals surface area contributed by atoms with Gasteiger partial charge in [0.2, 0.25) is 9.76 Å². The largest absolute Gasteiger partial charge is 0.479 e. The molecule has 27 nitrogen and oxygen atoms in total. The molecule has 0 amide bonds. The highest BCUT2D eigenvalue weighted by Gasteiger charge is 2.78. The number of hydrogen-bond donors (Lipinski definition) is 0. The minimum absolute atomic E-state index is 0.0116. The zero-order chi connectivity index (χ0) is 69.3. The van der Waals surface area contributed by atoms with Crippen LogP contribution in [0.1, 0.15) is 120 Å². The summed E-state index contributed by atoms with van der Waals surface area (Å²) in [6.07, 6.45) is 0.911. The van der Waals surface area contributed by atoms with Gasteiger partial charge < -0.3 is 82.5 Å². The number of esters is 7. The van der Waals surface area contributed by atoms with Crippen molar-refractivity contribution >= 4 is 129 Å². The molecule has 0 saturated carbocycles. The van der Waals surface area contributed by atoms with E-state index in [0.29, 0.717) is 24.5 Å². The monoisotopic (exact) mass is 1460 g/mol. The Labute approximate surface area is 558 Å². The average Bonchev–Trinajstić information content (AvgIpc) is 0.707. The van der Waals surface area contributed by atoms with Crippen molar-refractivity contribution in [3.05, 3.63) is 97.2 Å². The molecule has 0 aromatic rings. The van der Waals surface area contributed by atoms with E-state index in [0.717, 1.165) is 0 Å². The minimum atomic E-state index is -4.99. The van der Waals surface area contributed by atoms with Crippen LogP contribution in [0.2, 0.25) is 48.4 Å². The van der Waals surface area contributed by atoms with Crippen LogP contribution in [0.3, 0.4) is 0 Å². The second-order valence-corrected chi connectivity index (χ2v) is 46.6. The lowest BCUT2D eigenvalue weighted by atomic mass is 10.1. The Morgan fingerprint density at radius 1 is 0.312 bits per heavy atom. The Morgan fingerprint density at radius 2 is 0.548 bits per heavy atom. The summed E-state index contributed by atoms with van der Waals surface area (Å²) in [7, 11) is -35.6. The molecule has 4 aliphatic heterocycles. The summed E-state index contributed by atoms with van der Waals surface area (Å²) in [6, 6.07) is -1.20. The number of fused-ring (bicyclic) bond motifs is 4. The Kier molecular flexibility index (Phi) is 32.8. The highest BCUT2D eigenvalue weighted by atomic mass is 28.6. The minimum Gasteiger partial charge on any atom is -0.462 e. The summed E-state index contributed by atoms with van der Waals surface area (Å²) in [5.74, 6) is -4.97. The van der Waals surface area contributed by atoms with Crippen LogP contribution < -0.4 is 0 Å². The average molecular weight is 1460 g/mol. The fourth-order valence-corrected chi connectivity index (χ4v) is 53.0. The number of ether oxygens (including phenoxy) is 7. The molecule has 36 heteroatoms. The summed E-state index contributed by atoms with van der Waals surface area (Å²) in [4.78, 5) is 104.